The molecule has 0 aromatic heterocycles. The fraction of sp³-hybridized carbons (Fsp3) is 0.533. The minimum absolute atomic E-state index is 0.249. The van der Waals surface area contributed by atoms with E-state index in [0.29, 0.717) is 17.5 Å². The van der Waals surface area contributed by atoms with Crippen molar-refractivity contribution in [2.75, 3.05) is 7.05 Å². The number of nitrogens with two attached hydrogens (primary N) is 1. The van der Waals surface area contributed by atoms with E-state index in [9.17, 15) is 4.39 Å². The van der Waals surface area contributed by atoms with Gasteiger partial charge in [-0.15, -0.1) is 0 Å². The molecule has 2 nitrogen and oxygen atoms in total. The number of benzene rings is 1. The van der Waals surface area contributed by atoms with Crippen LogP contribution >= 0.6 is 12.2 Å². The van der Waals surface area contributed by atoms with Gasteiger partial charge in [-0.2, -0.15) is 0 Å². The van der Waals surface area contributed by atoms with E-state index in [0.717, 1.165) is 18.5 Å². The van der Waals surface area contributed by atoms with Gasteiger partial charge in [-0.25, -0.2) is 4.39 Å². The highest BCUT2D eigenvalue weighted by Crippen LogP contribution is 2.17. The van der Waals surface area contributed by atoms with Gasteiger partial charge in [0.05, 0.1) is 0 Å². The lowest BCUT2D eigenvalue weighted by Gasteiger charge is -2.27. The molecule has 0 heterocycles. The van der Waals surface area contributed by atoms with Gasteiger partial charge in [0.25, 0.3) is 0 Å². The molecule has 1 rings (SSSR count). The normalized spacial score (nSPS) is 13.0. The Bertz CT molecular complexity index is 446. The van der Waals surface area contributed by atoms with Gasteiger partial charge >= 0.3 is 0 Å². The van der Waals surface area contributed by atoms with Gasteiger partial charge in [-0.3, -0.25) is 4.90 Å². The summed E-state index contributed by atoms with van der Waals surface area (Å²) < 4.78 is 13.2. The molecule has 0 aliphatic rings. The first-order chi connectivity index (χ1) is 8.81. The average molecular weight is 282 g/mol. The van der Waals surface area contributed by atoms with Crippen molar-refractivity contribution in [1.29, 1.82) is 0 Å². The van der Waals surface area contributed by atoms with Crippen molar-refractivity contribution in [1.82, 2.24) is 4.90 Å². The predicted octanol–water partition coefficient (Wildman–Crippen LogP) is 3.33. The number of halogens is 1. The third kappa shape index (κ3) is 4.88. The summed E-state index contributed by atoms with van der Waals surface area (Å²) in [6.07, 6.45) is 1.13. The summed E-state index contributed by atoms with van der Waals surface area (Å²) in [4.78, 5) is 2.49. The summed E-state index contributed by atoms with van der Waals surface area (Å²) >= 11 is 4.99. The lowest BCUT2D eigenvalue weighted by Crippen LogP contribution is -2.30. The molecule has 0 saturated carbocycles. The topological polar surface area (TPSA) is 29.3 Å². The molecule has 1 atom stereocenters. The molecule has 1 aromatic carbocycles. The van der Waals surface area contributed by atoms with Gasteiger partial charge in [-0.05, 0) is 44.0 Å². The maximum atomic E-state index is 13.2. The quantitative estimate of drug-likeness (QED) is 0.812. The molecule has 0 saturated heterocycles. The van der Waals surface area contributed by atoms with E-state index in [1.54, 1.807) is 6.07 Å². The first-order valence-corrected chi connectivity index (χ1v) is 7.00. The van der Waals surface area contributed by atoms with Crippen molar-refractivity contribution in [3.63, 3.8) is 0 Å². The molecule has 19 heavy (non-hydrogen) atoms. The van der Waals surface area contributed by atoms with Crippen LogP contribution in [0.3, 0.4) is 0 Å². The molecule has 0 radical (unpaired) electrons. The maximum Gasteiger partial charge on any atom is 0.123 e. The second-order valence-electron chi connectivity index (χ2n) is 5.56. The van der Waals surface area contributed by atoms with Gasteiger partial charge in [-0.1, -0.05) is 32.1 Å². The summed E-state index contributed by atoms with van der Waals surface area (Å²) in [7, 11) is 2.07. The molecule has 0 aliphatic carbocycles. The van der Waals surface area contributed by atoms with Crippen LogP contribution in [0.5, 0.6) is 0 Å². The first kappa shape index (κ1) is 16.1. The number of rotatable bonds is 6. The van der Waals surface area contributed by atoms with Crippen molar-refractivity contribution >= 4 is 17.2 Å². The fourth-order valence-corrected chi connectivity index (χ4v) is 2.39. The average Bonchev–Trinajstić information content (AvgIpc) is 2.30. The Balaban J connectivity index is 2.84. The lowest BCUT2D eigenvalue weighted by molar-refractivity contribution is 0.220. The molecule has 1 aromatic rings. The van der Waals surface area contributed by atoms with E-state index in [1.807, 2.05) is 0 Å². The first-order valence-electron chi connectivity index (χ1n) is 6.59. The van der Waals surface area contributed by atoms with Gasteiger partial charge < -0.3 is 5.73 Å². The van der Waals surface area contributed by atoms with Crippen molar-refractivity contribution in [3.05, 3.63) is 35.1 Å². The van der Waals surface area contributed by atoms with E-state index in [-0.39, 0.29) is 10.8 Å². The number of hydrogen-bond donors (Lipinski definition) is 1. The van der Waals surface area contributed by atoms with Gasteiger partial charge in [0.15, 0.2) is 0 Å². The van der Waals surface area contributed by atoms with Crippen LogP contribution < -0.4 is 5.73 Å². The summed E-state index contributed by atoms with van der Waals surface area (Å²) in [5.74, 6) is 0.352. The van der Waals surface area contributed by atoms with Crippen molar-refractivity contribution in [3.8, 4) is 0 Å². The smallest absolute Gasteiger partial charge is 0.123 e. The second-order valence-corrected chi connectivity index (χ2v) is 6.00. The molecule has 0 spiro atoms. The molecule has 106 valence electrons. The molecule has 0 amide bonds. The minimum Gasteiger partial charge on any atom is -0.389 e. The monoisotopic (exact) mass is 282 g/mol. The van der Waals surface area contributed by atoms with E-state index in [4.69, 9.17) is 18.0 Å². The van der Waals surface area contributed by atoms with Crippen LogP contribution in [0.4, 0.5) is 4.39 Å². The highest BCUT2D eigenvalue weighted by molar-refractivity contribution is 7.80. The Hall–Kier alpha value is -1.00. The molecule has 1 unspecified atom stereocenters. The number of hydrogen-bond acceptors (Lipinski definition) is 2. The Kier molecular flexibility index (Phi) is 5.88. The highest BCUT2D eigenvalue weighted by Gasteiger charge is 2.14. The van der Waals surface area contributed by atoms with Gasteiger partial charge in [0.1, 0.15) is 10.8 Å². The third-order valence-electron chi connectivity index (χ3n) is 3.32. The summed E-state index contributed by atoms with van der Waals surface area (Å²) in [6, 6.07) is 5.10. The van der Waals surface area contributed by atoms with E-state index in [2.05, 4.69) is 32.7 Å². The largest absolute Gasteiger partial charge is 0.389 e. The zero-order valence-corrected chi connectivity index (χ0v) is 12.9. The minimum atomic E-state index is -0.301. The van der Waals surface area contributed by atoms with Gasteiger partial charge in [0.2, 0.25) is 0 Å². The lowest BCUT2D eigenvalue weighted by atomic mass is 10.0. The van der Waals surface area contributed by atoms with Crippen LogP contribution in [0.1, 0.15) is 38.3 Å². The van der Waals surface area contributed by atoms with Crippen LogP contribution in [0.25, 0.3) is 0 Å². The van der Waals surface area contributed by atoms with Crippen LogP contribution in [-0.4, -0.2) is 23.0 Å². The van der Waals surface area contributed by atoms with Crippen molar-refractivity contribution in [2.24, 2.45) is 11.7 Å². The number of thiocarbonyl (C=S) groups is 1. The Labute approximate surface area is 120 Å². The molecular weight excluding hydrogens is 259 g/mol. The number of nitrogens with zero attached hydrogens (tertiary/aromatic N) is 1. The molecule has 0 bridgehead atoms. The SMILES string of the molecule is CC(C)CC(C)N(C)Cc1ccc(F)cc1C(N)=S. The molecule has 2 N–H and O–H groups in total. The fourth-order valence-electron chi connectivity index (χ4n) is 2.20. The predicted molar refractivity (Wildman–Crippen MR) is 82.7 cm³/mol. The second kappa shape index (κ2) is 6.96. The van der Waals surface area contributed by atoms with E-state index in [1.165, 1.54) is 12.1 Å². The highest BCUT2D eigenvalue weighted by atomic mass is 32.1. The van der Waals surface area contributed by atoms with Crippen LogP contribution in [-0.2, 0) is 6.54 Å². The van der Waals surface area contributed by atoms with Crippen molar-refractivity contribution in [2.45, 2.75) is 39.8 Å². The van der Waals surface area contributed by atoms with E-state index >= 15 is 0 Å². The Morgan fingerprint density at radius 1 is 1.37 bits per heavy atom. The molecule has 0 aliphatic heterocycles. The van der Waals surface area contributed by atoms with Crippen LogP contribution in [0.15, 0.2) is 18.2 Å². The zero-order valence-electron chi connectivity index (χ0n) is 12.1. The Morgan fingerprint density at radius 3 is 2.53 bits per heavy atom. The van der Waals surface area contributed by atoms with Crippen LogP contribution in [0.2, 0.25) is 0 Å². The molecule has 4 heteroatoms. The van der Waals surface area contributed by atoms with E-state index < -0.39 is 0 Å². The summed E-state index contributed by atoms with van der Waals surface area (Å²) in [5.41, 5.74) is 7.28. The maximum absolute atomic E-state index is 13.2. The summed E-state index contributed by atoms with van der Waals surface area (Å²) in [6.45, 7) is 7.34. The standard InChI is InChI=1S/C15H23FN2S/c1-10(2)7-11(3)18(4)9-12-5-6-13(16)8-14(12)15(17)19/h5-6,8,10-11H,7,9H2,1-4H3,(H2,17,19). The Morgan fingerprint density at radius 2 is 2.00 bits per heavy atom. The third-order valence-corrected chi connectivity index (χ3v) is 3.54. The zero-order chi connectivity index (χ0) is 14.6. The van der Waals surface area contributed by atoms with Crippen LogP contribution in [0, 0.1) is 11.7 Å². The molecular formula is C15H23FN2S. The summed E-state index contributed by atoms with van der Waals surface area (Å²) in [5, 5.41) is 0. The van der Waals surface area contributed by atoms with Crippen molar-refractivity contribution < 1.29 is 4.39 Å². The van der Waals surface area contributed by atoms with Gasteiger partial charge in [0, 0.05) is 18.2 Å². The molecule has 0 fully saturated rings.